The van der Waals surface area contributed by atoms with Crippen molar-refractivity contribution in [1.82, 2.24) is 15.2 Å². The van der Waals surface area contributed by atoms with Gasteiger partial charge in [-0.3, -0.25) is 9.88 Å². The van der Waals surface area contributed by atoms with Crippen molar-refractivity contribution in [1.29, 1.82) is 0 Å². The summed E-state index contributed by atoms with van der Waals surface area (Å²) in [6.07, 6.45) is 3.26. The molecule has 0 aromatic carbocycles. The summed E-state index contributed by atoms with van der Waals surface area (Å²) in [6, 6.07) is 5.40. The van der Waals surface area contributed by atoms with E-state index >= 15 is 0 Å². The molecule has 0 bridgehead atoms. The van der Waals surface area contributed by atoms with Crippen LogP contribution in [0.5, 0.6) is 0 Å². The lowest BCUT2D eigenvalue weighted by Crippen LogP contribution is -2.49. The van der Waals surface area contributed by atoms with Crippen molar-refractivity contribution in [2.75, 3.05) is 37.6 Å². The topological polar surface area (TPSA) is 31.4 Å². The summed E-state index contributed by atoms with van der Waals surface area (Å²) < 4.78 is 0. The minimum absolute atomic E-state index is 0.325. The standard InChI is InChI=1S/C17H30N4/c1-5-14(3)20-9-11-21(12-10-20)16-7-8-17(19-13-16)15(4)18-6-2/h7-8,13-15,18H,5-6,9-12H2,1-4H3. The highest BCUT2D eigenvalue weighted by atomic mass is 15.3. The first-order valence-electron chi connectivity index (χ1n) is 8.34. The Balaban J connectivity index is 1.92. The monoisotopic (exact) mass is 290 g/mol. The molecular formula is C17H30N4. The molecule has 2 unspecified atom stereocenters. The van der Waals surface area contributed by atoms with Crippen molar-refractivity contribution >= 4 is 5.69 Å². The maximum atomic E-state index is 4.62. The molecule has 1 saturated heterocycles. The van der Waals surface area contributed by atoms with Gasteiger partial charge in [0.15, 0.2) is 0 Å². The number of anilines is 1. The molecule has 1 aliphatic rings. The highest BCUT2D eigenvalue weighted by molar-refractivity contribution is 5.45. The van der Waals surface area contributed by atoms with Gasteiger partial charge >= 0.3 is 0 Å². The van der Waals surface area contributed by atoms with E-state index in [1.165, 1.54) is 12.1 Å². The molecule has 1 N–H and O–H groups in total. The average molecular weight is 290 g/mol. The molecule has 2 atom stereocenters. The Hall–Kier alpha value is -1.13. The van der Waals surface area contributed by atoms with E-state index in [-0.39, 0.29) is 0 Å². The summed E-state index contributed by atoms with van der Waals surface area (Å²) in [4.78, 5) is 9.67. The molecule has 4 nitrogen and oxygen atoms in total. The second-order valence-electron chi connectivity index (χ2n) is 6.00. The highest BCUT2D eigenvalue weighted by Gasteiger charge is 2.20. The van der Waals surface area contributed by atoms with Crippen LogP contribution in [0.25, 0.3) is 0 Å². The van der Waals surface area contributed by atoms with Gasteiger partial charge in [0.2, 0.25) is 0 Å². The fraction of sp³-hybridized carbons (Fsp3) is 0.706. The van der Waals surface area contributed by atoms with Crippen LogP contribution in [0.4, 0.5) is 5.69 Å². The van der Waals surface area contributed by atoms with Crippen molar-refractivity contribution in [3.8, 4) is 0 Å². The second kappa shape index (κ2) is 7.76. The van der Waals surface area contributed by atoms with Crippen molar-refractivity contribution in [3.05, 3.63) is 24.0 Å². The molecule has 21 heavy (non-hydrogen) atoms. The number of aromatic nitrogens is 1. The summed E-state index contributed by atoms with van der Waals surface area (Å²) in [5.74, 6) is 0. The third-order valence-corrected chi connectivity index (χ3v) is 4.62. The third-order valence-electron chi connectivity index (χ3n) is 4.62. The van der Waals surface area contributed by atoms with E-state index in [2.05, 4.69) is 59.9 Å². The van der Waals surface area contributed by atoms with Crippen LogP contribution in [-0.2, 0) is 0 Å². The Morgan fingerprint density at radius 1 is 1.14 bits per heavy atom. The van der Waals surface area contributed by atoms with E-state index in [1.807, 2.05) is 6.20 Å². The van der Waals surface area contributed by atoms with Crippen LogP contribution in [0.2, 0.25) is 0 Å². The van der Waals surface area contributed by atoms with Crippen molar-refractivity contribution < 1.29 is 0 Å². The van der Waals surface area contributed by atoms with E-state index < -0.39 is 0 Å². The predicted octanol–water partition coefficient (Wildman–Crippen LogP) is 2.67. The molecule has 2 heterocycles. The number of hydrogen-bond donors (Lipinski definition) is 1. The van der Waals surface area contributed by atoms with E-state index in [9.17, 15) is 0 Å². The van der Waals surface area contributed by atoms with Gasteiger partial charge in [0.1, 0.15) is 0 Å². The molecule has 1 fully saturated rings. The Labute approximate surface area is 129 Å². The number of piperazine rings is 1. The van der Waals surface area contributed by atoms with Crippen molar-refractivity contribution in [2.45, 2.75) is 46.2 Å². The van der Waals surface area contributed by atoms with Gasteiger partial charge < -0.3 is 10.2 Å². The second-order valence-corrected chi connectivity index (χ2v) is 6.00. The van der Waals surface area contributed by atoms with Gasteiger partial charge in [0.05, 0.1) is 17.6 Å². The molecule has 2 rings (SSSR count). The zero-order chi connectivity index (χ0) is 15.2. The molecular weight excluding hydrogens is 260 g/mol. The Morgan fingerprint density at radius 3 is 2.38 bits per heavy atom. The zero-order valence-corrected chi connectivity index (χ0v) is 14.0. The number of rotatable bonds is 6. The molecule has 0 radical (unpaired) electrons. The van der Waals surface area contributed by atoms with Gasteiger partial charge in [-0.1, -0.05) is 13.8 Å². The van der Waals surface area contributed by atoms with Gasteiger partial charge in [-0.2, -0.15) is 0 Å². The molecule has 118 valence electrons. The lowest BCUT2D eigenvalue weighted by molar-refractivity contribution is 0.193. The number of pyridine rings is 1. The van der Waals surface area contributed by atoms with Crippen molar-refractivity contribution in [3.63, 3.8) is 0 Å². The summed E-state index contributed by atoms with van der Waals surface area (Å²) >= 11 is 0. The summed E-state index contributed by atoms with van der Waals surface area (Å²) in [5, 5.41) is 3.40. The lowest BCUT2D eigenvalue weighted by atomic mass is 10.1. The molecule has 0 spiro atoms. The third kappa shape index (κ3) is 4.17. The summed E-state index contributed by atoms with van der Waals surface area (Å²) in [6.45, 7) is 14.4. The van der Waals surface area contributed by atoms with E-state index in [4.69, 9.17) is 0 Å². The van der Waals surface area contributed by atoms with Gasteiger partial charge in [0.25, 0.3) is 0 Å². The zero-order valence-electron chi connectivity index (χ0n) is 14.0. The maximum Gasteiger partial charge on any atom is 0.0572 e. The highest BCUT2D eigenvalue weighted by Crippen LogP contribution is 2.19. The molecule has 1 aromatic heterocycles. The van der Waals surface area contributed by atoms with E-state index in [0.717, 1.165) is 38.4 Å². The molecule has 1 aliphatic heterocycles. The summed E-state index contributed by atoms with van der Waals surface area (Å²) in [7, 11) is 0. The van der Waals surface area contributed by atoms with Crippen molar-refractivity contribution in [2.24, 2.45) is 0 Å². The lowest BCUT2D eigenvalue weighted by Gasteiger charge is -2.38. The maximum absolute atomic E-state index is 4.62. The van der Waals surface area contributed by atoms with Crippen LogP contribution >= 0.6 is 0 Å². The first-order chi connectivity index (χ1) is 10.2. The average Bonchev–Trinajstić information content (AvgIpc) is 2.54. The quantitative estimate of drug-likeness (QED) is 0.873. The fourth-order valence-corrected chi connectivity index (χ4v) is 2.93. The van der Waals surface area contributed by atoms with Gasteiger partial charge in [-0.05, 0) is 38.9 Å². The van der Waals surface area contributed by atoms with E-state index in [0.29, 0.717) is 12.1 Å². The number of nitrogens with zero attached hydrogens (tertiary/aromatic N) is 3. The van der Waals surface area contributed by atoms with E-state index in [1.54, 1.807) is 0 Å². The van der Waals surface area contributed by atoms with Crippen LogP contribution in [-0.4, -0.2) is 48.6 Å². The Morgan fingerprint density at radius 2 is 1.86 bits per heavy atom. The SMILES string of the molecule is CCNC(C)c1ccc(N2CCN(C(C)CC)CC2)cn1. The van der Waals surface area contributed by atoms with Gasteiger partial charge in [-0.25, -0.2) is 0 Å². The van der Waals surface area contributed by atoms with Crippen LogP contribution in [0.3, 0.4) is 0 Å². The van der Waals surface area contributed by atoms with Crippen LogP contribution in [0.1, 0.15) is 45.9 Å². The largest absolute Gasteiger partial charge is 0.368 e. The van der Waals surface area contributed by atoms with Crippen LogP contribution in [0.15, 0.2) is 18.3 Å². The minimum atomic E-state index is 0.325. The fourth-order valence-electron chi connectivity index (χ4n) is 2.93. The smallest absolute Gasteiger partial charge is 0.0572 e. The molecule has 4 heteroatoms. The van der Waals surface area contributed by atoms with Crippen LogP contribution in [0, 0.1) is 0 Å². The molecule has 0 amide bonds. The first kappa shape index (κ1) is 16.2. The normalized spacial score (nSPS) is 19.5. The molecule has 0 aliphatic carbocycles. The Kier molecular flexibility index (Phi) is 6.00. The van der Waals surface area contributed by atoms with Crippen LogP contribution < -0.4 is 10.2 Å². The molecule has 1 aromatic rings. The van der Waals surface area contributed by atoms with Gasteiger partial charge in [0, 0.05) is 38.3 Å². The summed E-state index contributed by atoms with van der Waals surface area (Å²) in [5.41, 5.74) is 2.38. The molecule has 0 saturated carbocycles. The first-order valence-corrected chi connectivity index (χ1v) is 8.34. The minimum Gasteiger partial charge on any atom is -0.368 e. The Bertz CT molecular complexity index is 409. The number of nitrogens with one attached hydrogen (secondary N) is 1. The number of hydrogen-bond acceptors (Lipinski definition) is 4. The predicted molar refractivity (Wildman–Crippen MR) is 89.9 cm³/mol. The van der Waals surface area contributed by atoms with Gasteiger partial charge in [-0.15, -0.1) is 0 Å².